The van der Waals surface area contributed by atoms with Crippen LogP contribution < -0.4 is 5.32 Å². The summed E-state index contributed by atoms with van der Waals surface area (Å²) in [5.74, 6) is 3.01. The number of hydrogen-bond donors (Lipinski definition) is 1. The second-order valence-electron chi connectivity index (χ2n) is 4.77. The van der Waals surface area contributed by atoms with Gasteiger partial charge in [-0.05, 0) is 37.8 Å². The van der Waals surface area contributed by atoms with Crippen LogP contribution >= 0.6 is 0 Å². The molecule has 1 aliphatic carbocycles. The second kappa shape index (κ2) is 3.86. The molecule has 1 unspecified atom stereocenters. The standard InChI is InChI=1S/C12H18N2O/c1-3-8-14(2)11(15)10-9-12(10)4-6-13-7-5-12/h1,10,13H,4-9H2,2H3. The van der Waals surface area contributed by atoms with E-state index in [1.165, 1.54) is 0 Å². The van der Waals surface area contributed by atoms with E-state index in [0.29, 0.717) is 12.0 Å². The van der Waals surface area contributed by atoms with Crippen molar-refractivity contribution in [2.45, 2.75) is 19.3 Å². The van der Waals surface area contributed by atoms with E-state index in [1.54, 1.807) is 11.9 Å². The molecule has 1 N–H and O–H groups in total. The van der Waals surface area contributed by atoms with Gasteiger partial charge in [0, 0.05) is 13.0 Å². The molecular formula is C12H18N2O. The van der Waals surface area contributed by atoms with E-state index in [0.717, 1.165) is 32.4 Å². The van der Waals surface area contributed by atoms with Gasteiger partial charge in [0.1, 0.15) is 0 Å². The van der Waals surface area contributed by atoms with E-state index in [1.807, 2.05) is 0 Å². The van der Waals surface area contributed by atoms with E-state index < -0.39 is 0 Å². The van der Waals surface area contributed by atoms with Crippen LogP contribution in [0.1, 0.15) is 19.3 Å². The fraction of sp³-hybridized carbons (Fsp3) is 0.750. The molecule has 15 heavy (non-hydrogen) atoms. The van der Waals surface area contributed by atoms with E-state index in [-0.39, 0.29) is 11.8 Å². The lowest BCUT2D eigenvalue weighted by Gasteiger charge is -2.24. The summed E-state index contributed by atoms with van der Waals surface area (Å²) in [4.78, 5) is 13.7. The first-order valence-electron chi connectivity index (χ1n) is 5.59. The molecule has 1 amide bonds. The van der Waals surface area contributed by atoms with Gasteiger partial charge in [0.15, 0.2) is 0 Å². The summed E-state index contributed by atoms with van der Waals surface area (Å²) in [5, 5.41) is 3.34. The summed E-state index contributed by atoms with van der Waals surface area (Å²) in [6.45, 7) is 2.55. The van der Waals surface area contributed by atoms with Crippen molar-refractivity contribution in [2.75, 3.05) is 26.7 Å². The van der Waals surface area contributed by atoms with Crippen molar-refractivity contribution in [2.24, 2.45) is 11.3 Å². The summed E-state index contributed by atoms with van der Waals surface area (Å²) in [6, 6.07) is 0. The Kier molecular flexibility index (Phi) is 2.70. The highest BCUT2D eigenvalue weighted by Gasteiger charge is 2.58. The van der Waals surface area contributed by atoms with Gasteiger partial charge in [-0.1, -0.05) is 5.92 Å². The minimum atomic E-state index is 0.245. The van der Waals surface area contributed by atoms with Crippen molar-refractivity contribution in [1.29, 1.82) is 0 Å². The zero-order valence-electron chi connectivity index (χ0n) is 9.25. The molecule has 0 aromatic carbocycles. The molecular weight excluding hydrogens is 188 g/mol. The van der Waals surface area contributed by atoms with Gasteiger partial charge in [-0.3, -0.25) is 4.79 Å². The largest absolute Gasteiger partial charge is 0.334 e. The molecule has 0 aromatic heterocycles. The zero-order valence-corrected chi connectivity index (χ0v) is 9.25. The summed E-state index contributed by atoms with van der Waals surface area (Å²) in [6.07, 6.45) is 8.57. The summed E-state index contributed by atoms with van der Waals surface area (Å²) in [5.41, 5.74) is 0.325. The first kappa shape index (κ1) is 10.5. The SMILES string of the molecule is C#CCN(C)C(=O)C1CC12CCNCC2. The van der Waals surface area contributed by atoms with Crippen molar-refractivity contribution < 1.29 is 4.79 Å². The number of terminal acetylenes is 1. The smallest absolute Gasteiger partial charge is 0.226 e. The minimum absolute atomic E-state index is 0.245. The van der Waals surface area contributed by atoms with Crippen LogP contribution in [0.15, 0.2) is 0 Å². The quantitative estimate of drug-likeness (QED) is 0.666. The van der Waals surface area contributed by atoms with E-state index in [9.17, 15) is 4.79 Å². The molecule has 2 rings (SSSR count). The maximum atomic E-state index is 12.0. The number of piperidine rings is 1. The van der Waals surface area contributed by atoms with Gasteiger partial charge in [-0.15, -0.1) is 6.42 Å². The van der Waals surface area contributed by atoms with Crippen molar-refractivity contribution in [1.82, 2.24) is 10.2 Å². The van der Waals surface area contributed by atoms with Gasteiger partial charge >= 0.3 is 0 Å². The van der Waals surface area contributed by atoms with Crippen LogP contribution in [0.3, 0.4) is 0 Å². The van der Waals surface area contributed by atoms with Gasteiger partial charge in [0.05, 0.1) is 6.54 Å². The Morgan fingerprint density at radius 2 is 2.27 bits per heavy atom. The third-order valence-corrected chi connectivity index (χ3v) is 3.79. The average Bonchev–Trinajstić information content (AvgIpc) is 2.92. The van der Waals surface area contributed by atoms with Gasteiger partial charge < -0.3 is 10.2 Å². The Labute approximate surface area is 91.2 Å². The van der Waals surface area contributed by atoms with E-state index in [4.69, 9.17) is 6.42 Å². The lowest BCUT2D eigenvalue weighted by Crippen LogP contribution is -2.34. The van der Waals surface area contributed by atoms with Crippen LogP contribution in [0.5, 0.6) is 0 Å². The Bertz CT molecular complexity index is 299. The van der Waals surface area contributed by atoms with Crippen molar-refractivity contribution in [3.05, 3.63) is 0 Å². The lowest BCUT2D eigenvalue weighted by atomic mass is 9.91. The molecule has 3 heteroatoms. The molecule has 2 fully saturated rings. The molecule has 1 saturated carbocycles. The van der Waals surface area contributed by atoms with Crippen LogP contribution in [-0.2, 0) is 4.79 Å². The Morgan fingerprint density at radius 1 is 1.60 bits per heavy atom. The molecule has 1 atom stereocenters. The van der Waals surface area contributed by atoms with Crippen molar-refractivity contribution in [3.8, 4) is 12.3 Å². The predicted molar refractivity (Wildman–Crippen MR) is 59.1 cm³/mol. The molecule has 2 aliphatic rings. The average molecular weight is 206 g/mol. The molecule has 1 heterocycles. The summed E-state index contributed by atoms with van der Waals surface area (Å²) >= 11 is 0. The van der Waals surface area contributed by atoms with Crippen molar-refractivity contribution in [3.63, 3.8) is 0 Å². The van der Waals surface area contributed by atoms with Crippen LogP contribution in [0, 0.1) is 23.7 Å². The minimum Gasteiger partial charge on any atom is -0.334 e. The number of nitrogens with one attached hydrogen (secondary N) is 1. The van der Waals surface area contributed by atoms with E-state index >= 15 is 0 Å². The molecule has 1 spiro atoms. The first-order valence-corrected chi connectivity index (χ1v) is 5.59. The summed E-state index contributed by atoms with van der Waals surface area (Å²) in [7, 11) is 1.80. The zero-order chi connectivity index (χ0) is 10.9. The maximum absolute atomic E-state index is 12.0. The Morgan fingerprint density at radius 3 is 2.87 bits per heavy atom. The number of rotatable bonds is 2. The monoisotopic (exact) mass is 206 g/mol. The number of amides is 1. The normalized spacial score (nSPS) is 27.1. The van der Waals surface area contributed by atoms with Crippen molar-refractivity contribution >= 4 is 5.91 Å². The van der Waals surface area contributed by atoms with Crippen LogP contribution in [-0.4, -0.2) is 37.5 Å². The first-order chi connectivity index (χ1) is 7.19. The highest BCUT2D eigenvalue weighted by molar-refractivity contribution is 5.82. The molecule has 1 saturated heterocycles. The summed E-state index contributed by atoms with van der Waals surface area (Å²) < 4.78 is 0. The van der Waals surface area contributed by atoms with Gasteiger partial charge in [0.25, 0.3) is 0 Å². The number of nitrogens with zero attached hydrogens (tertiary/aromatic N) is 1. The van der Waals surface area contributed by atoms with Gasteiger partial charge in [-0.2, -0.15) is 0 Å². The second-order valence-corrected chi connectivity index (χ2v) is 4.77. The number of carbonyl (C=O) groups is 1. The number of carbonyl (C=O) groups excluding carboxylic acids is 1. The molecule has 0 aromatic rings. The highest BCUT2D eigenvalue weighted by atomic mass is 16.2. The third kappa shape index (κ3) is 1.87. The molecule has 0 radical (unpaired) electrons. The molecule has 0 bridgehead atoms. The fourth-order valence-corrected chi connectivity index (χ4v) is 2.65. The highest BCUT2D eigenvalue weighted by Crippen LogP contribution is 2.59. The third-order valence-electron chi connectivity index (χ3n) is 3.79. The Hall–Kier alpha value is -1.01. The topological polar surface area (TPSA) is 32.3 Å². The van der Waals surface area contributed by atoms with Crippen LogP contribution in [0.4, 0.5) is 0 Å². The molecule has 82 valence electrons. The fourth-order valence-electron chi connectivity index (χ4n) is 2.65. The molecule has 1 aliphatic heterocycles. The Balaban J connectivity index is 1.92. The van der Waals surface area contributed by atoms with Crippen LogP contribution in [0.25, 0.3) is 0 Å². The molecule has 3 nitrogen and oxygen atoms in total. The number of hydrogen-bond acceptors (Lipinski definition) is 2. The van der Waals surface area contributed by atoms with Gasteiger partial charge in [0.2, 0.25) is 5.91 Å². The van der Waals surface area contributed by atoms with Crippen LogP contribution in [0.2, 0.25) is 0 Å². The maximum Gasteiger partial charge on any atom is 0.226 e. The van der Waals surface area contributed by atoms with E-state index in [2.05, 4.69) is 11.2 Å². The lowest BCUT2D eigenvalue weighted by molar-refractivity contribution is -0.131. The predicted octanol–water partition coefficient (Wildman–Crippen LogP) is 0.468. The van der Waals surface area contributed by atoms with Gasteiger partial charge in [-0.25, -0.2) is 0 Å².